The molecule has 0 saturated heterocycles. The zero-order valence-electron chi connectivity index (χ0n) is 9.26. The lowest BCUT2D eigenvalue weighted by atomic mass is 9.93. The van der Waals surface area contributed by atoms with Crippen LogP contribution in [0, 0.1) is 11.6 Å². The molecule has 1 aromatic heterocycles. The quantitative estimate of drug-likeness (QED) is 0.761. The number of nitrogens with zero attached hydrogens (tertiary/aromatic N) is 1. The predicted octanol–water partition coefficient (Wildman–Crippen LogP) is 2.97. The Labute approximate surface area is 97.5 Å². The number of pyridine rings is 1. The number of nitrogens with two attached hydrogens (primary N) is 1. The fraction of sp³-hybridized carbons (Fsp3) is 0.308. The van der Waals surface area contributed by atoms with Gasteiger partial charge in [0.25, 0.3) is 0 Å². The molecule has 4 heteroatoms. The molecule has 2 nitrogen and oxygen atoms in total. The monoisotopic (exact) mass is 234 g/mol. The average Bonchev–Trinajstić information content (AvgIpc) is 2.31. The van der Waals surface area contributed by atoms with Crippen molar-refractivity contribution in [1.29, 1.82) is 0 Å². The van der Waals surface area contributed by atoms with Gasteiger partial charge in [-0.1, -0.05) is 0 Å². The molecule has 2 N–H and O–H groups in total. The zero-order valence-corrected chi connectivity index (χ0v) is 9.26. The van der Waals surface area contributed by atoms with Crippen LogP contribution in [0.5, 0.6) is 0 Å². The number of anilines is 1. The Morgan fingerprint density at radius 1 is 1.12 bits per heavy atom. The predicted molar refractivity (Wildman–Crippen MR) is 62.7 cm³/mol. The van der Waals surface area contributed by atoms with Crippen LogP contribution in [0.3, 0.4) is 0 Å². The first kappa shape index (κ1) is 10.4. The van der Waals surface area contributed by atoms with E-state index in [1.807, 2.05) is 0 Å². The van der Waals surface area contributed by atoms with Crippen LogP contribution >= 0.6 is 0 Å². The molecule has 0 bridgehead atoms. The number of hydrogen-bond donors (Lipinski definition) is 1. The smallest absolute Gasteiger partial charge is 0.152 e. The molecule has 0 fully saturated rings. The molecular weight excluding hydrogens is 222 g/mol. The van der Waals surface area contributed by atoms with E-state index >= 15 is 0 Å². The van der Waals surface area contributed by atoms with Gasteiger partial charge in [0.05, 0.1) is 0 Å². The van der Waals surface area contributed by atoms with Crippen molar-refractivity contribution >= 4 is 16.6 Å². The number of fused-ring (bicyclic) bond motifs is 2. The maximum absolute atomic E-state index is 13.6. The Morgan fingerprint density at radius 3 is 2.71 bits per heavy atom. The van der Waals surface area contributed by atoms with Crippen molar-refractivity contribution in [2.45, 2.75) is 25.7 Å². The Bertz CT molecular complexity index is 608. The van der Waals surface area contributed by atoms with Crippen LogP contribution in [0.2, 0.25) is 0 Å². The van der Waals surface area contributed by atoms with Gasteiger partial charge in [-0.2, -0.15) is 0 Å². The van der Waals surface area contributed by atoms with Crippen LogP contribution in [0.25, 0.3) is 10.9 Å². The van der Waals surface area contributed by atoms with E-state index < -0.39 is 11.6 Å². The van der Waals surface area contributed by atoms with E-state index in [0.29, 0.717) is 11.1 Å². The molecule has 0 amide bonds. The van der Waals surface area contributed by atoms with Gasteiger partial charge in [0, 0.05) is 22.8 Å². The van der Waals surface area contributed by atoms with Gasteiger partial charge in [0.2, 0.25) is 0 Å². The van der Waals surface area contributed by atoms with Crippen LogP contribution in [0.4, 0.5) is 14.5 Å². The Morgan fingerprint density at radius 2 is 1.88 bits per heavy atom. The molecule has 17 heavy (non-hydrogen) atoms. The van der Waals surface area contributed by atoms with Crippen molar-refractivity contribution in [2.24, 2.45) is 0 Å². The normalized spacial score (nSPS) is 14.9. The summed E-state index contributed by atoms with van der Waals surface area (Å²) in [5, 5.41) is 0.392. The highest BCUT2D eigenvalue weighted by atomic mass is 19.1. The zero-order chi connectivity index (χ0) is 12.0. The van der Waals surface area contributed by atoms with E-state index in [1.165, 1.54) is 6.07 Å². The summed E-state index contributed by atoms with van der Waals surface area (Å²) >= 11 is 0. The Hall–Kier alpha value is -1.71. The minimum Gasteiger partial charge on any atom is -0.398 e. The van der Waals surface area contributed by atoms with Crippen LogP contribution < -0.4 is 5.73 Å². The first-order valence-electron chi connectivity index (χ1n) is 5.73. The van der Waals surface area contributed by atoms with E-state index in [9.17, 15) is 8.78 Å². The largest absolute Gasteiger partial charge is 0.398 e. The third-order valence-corrected chi connectivity index (χ3v) is 3.33. The van der Waals surface area contributed by atoms with Gasteiger partial charge in [0.1, 0.15) is 11.3 Å². The first-order valence-corrected chi connectivity index (χ1v) is 5.73. The van der Waals surface area contributed by atoms with E-state index in [-0.39, 0.29) is 5.52 Å². The van der Waals surface area contributed by atoms with Gasteiger partial charge in [-0.05, 0) is 37.3 Å². The van der Waals surface area contributed by atoms with Gasteiger partial charge >= 0.3 is 0 Å². The average molecular weight is 234 g/mol. The molecule has 0 radical (unpaired) electrons. The summed E-state index contributed by atoms with van der Waals surface area (Å²) < 4.78 is 26.8. The topological polar surface area (TPSA) is 38.9 Å². The van der Waals surface area contributed by atoms with Crippen LogP contribution in [0.15, 0.2) is 12.1 Å². The van der Waals surface area contributed by atoms with E-state index in [4.69, 9.17) is 5.73 Å². The molecular formula is C13H12F2N2. The summed E-state index contributed by atoms with van der Waals surface area (Å²) in [6.07, 6.45) is 3.78. The molecule has 3 rings (SSSR count). The first-order chi connectivity index (χ1) is 8.16. The van der Waals surface area contributed by atoms with Crippen LogP contribution in [-0.4, -0.2) is 4.98 Å². The molecule has 0 aliphatic heterocycles. The second kappa shape index (κ2) is 3.65. The third-order valence-electron chi connectivity index (χ3n) is 3.33. The molecule has 0 unspecified atom stereocenters. The minimum atomic E-state index is -0.639. The van der Waals surface area contributed by atoms with Gasteiger partial charge < -0.3 is 5.73 Å². The highest BCUT2D eigenvalue weighted by molar-refractivity contribution is 5.92. The summed E-state index contributed by atoms with van der Waals surface area (Å²) in [6.45, 7) is 0. The minimum absolute atomic E-state index is 0.185. The lowest BCUT2D eigenvalue weighted by Crippen LogP contribution is -2.10. The number of benzene rings is 1. The SMILES string of the molecule is Nc1c2c(nc3c(F)cc(F)cc13)CCCC2. The maximum Gasteiger partial charge on any atom is 0.152 e. The number of nitrogen functional groups attached to an aromatic ring is 1. The third kappa shape index (κ3) is 1.55. The van der Waals surface area contributed by atoms with Crippen molar-refractivity contribution < 1.29 is 8.78 Å². The number of rotatable bonds is 0. The molecule has 1 aromatic carbocycles. The molecule has 0 saturated carbocycles. The van der Waals surface area contributed by atoms with Crippen molar-refractivity contribution in [3.8, 4) is 0 Å². The van der Waals surface area contributed by atoms with Crippen molar-refractivity contribution in [3.63, 3.8) is 0 Å². The molecule has 1 aliphatic carbocycles. The highest BCUT2D eigenvalue weighted by Crippen LogP contribution is 2.32. The van der Waals surface area contributed by atoms with Crippen molar-refractivity contribution in [2.75, 3.05) is 5.73 Å². The van der Waals surface area contributed by atoms with Gasteiger partial charge in [-0.3, -0.25) is 0 Å². The number of hydrogen-bond acceptors (Lipinski definition) is 2. The molecule has 1 aliphatic rings. The molecule has 1 heterocycles. The van der Waals surface area contributed by atoms with E-state index in [2.05, 4.69) is 4.98 Å². The molecule has 0 spiro atoms. The van der Waals surface area contributed by atoms with Gasteiger partial charge in [-0.25, -0.2) is 13.8 Å². The fourth-order valence-electron chi connectivity index (χ4n) is 2.49. The van der Waals surface area contributed by atoms with Gasteiger partial charge in [0.15, 0.2) is 5.82 Å². The lowest BCUT2D eigenvalue weighted by Gasteiger charge is -2.18. The highest BCUT2D eigenvalue weighted by Gasteiger charge is 2.18. The number of aromatic nitrogens is 1. The number of halogens is 2. The molecule has 0 atom stereocenters. The summed E-state index contributed by atoms with van der Waals surface area (Å²) in [6, 6.07) is 2.11. The second-order valence-electron chi connectivity index (χ2n) is 4.44. The fourth-order valence-corrected chi connectivity index (χ4v) is 2.49. The summed E-state index contributed by atoms with van der Waals surface area (Å²) in [7, 11) is 0. The lowest BCUT2D eigenvalue weighted by molar-refractivity contribution is 0.589. The number of aryl methyl sites for hydroxylation is 1. The van der Waals surface area contributed by atoms with Crippen LogP contribution in [0.1, 0.15) is 24.1 Å². The standard InChI is InChI=1S/C13H12F2N2/c14-7-5-9-12(16)8-3-1-2-4-11(8)17-13(9)10(15)6-7/h5-6H,1-4H2,(H2,16,17). The van der Waals surface area contributed by atoms with Crippen molar-refractivity contribution in [1.82, 2.24) is 4.98 Å². The Kier molecular flexibility index (Phi) is 2.24. The second-order valence-corrected chi connectivity index (χ2v) is 4.44. The molecule has 88 valence electrons. The van der Waals surface area contributed by atoms with Crippen LogP contribution in [-0.2, 0) is 12.8 Å². The summed E-state index contributed by atoms with van der Waals surface area (Å²) in [4.78, 5) is 4.30. The van der Waals surface area contributed by atoms with Gasteiger partial charge in [-0.15, -0.1) is 0 Å². The van der Waals surface area contributed by atoms with Crippen molar-refractivity contribution in [3.05, 3.63) is 35.0 Å². The summed E-state index contributed by atoms with van der Waals surface area (Å²) in [5.41, 5.74) is 8.51. The van der Waals surface area contributed by atoms with E-state index in [0.717, 1.165) is 43.0 Å². The van der Waals surface area contributed by atoms with E-state index in [1.54, 1.807) is 0 Å². The summed E-state index contributed by atoms with van der Waals surface area (Å²) in [5.74, 6) is -1.25. The molecule has 2 aromatic rings. The Balaban J connectivity index is 2.40. The maximum atomic E-state index is 13.6.